The summed E-state index contributed by atoms with van der Waals surface area (Å²) in [6.07, 6.45) is 2.94. The molecule has 0 atom stereocenters. The monoisotopic (exact) mass is 304 g/mol. The molecule has 0 aliphatic heterocycles. The minimum Gasteiger partial charge on any atom is -0.462 e. The first kappa shape index (κ1) is 14.9. The van der Waals surface area contributed by atoms with Gasteiger partial charge in [0.2, 0.25) is 0 Å². The third-order valence-corrected chi connectivity index (χ3v) is 3.32. The highest BCUT2D eigenvalue weighted by atomic mass is 16.5. The summed E-state index contributed by atoms with van der Waals surface area (Å²) in [5.74, 6) is 1.50. The normalized spacial score (nSPS) is 10.8. The zero-order chi connectivity index (χ0) is 16.1. The molecular formula is C20H16O3. The minimum absolute atomic E-state index is 0.438. The van der Waals surface area contributed by atoms with Crippen molar-refractivity contribution in [3.05, 3.63) is 84.3 Å². The molecule has 0 bridgehead atoms. The van der Waals surface area contributed by atoms with Gasteiger partial charge < -0.3 is 9.15 Å². The average Bonchev–Trinajstić information content (AvgIpc) is 3.00. The number of hydrogen-bond acceptors (Lipinski definition) is 3. The zero-order valence-electron chi connectivity index (χ0n) is 12.7. The van der Waals surface area contributed by atoms with Crippen LogP contribution in [-0.2, 0) is 4.79 Å². The summed E-state index contributed by atoms with van der Waals surface area (Å²) in [5, 5.41) is 0. The third kappa shape index (κ3) is 3.98. The second-order valence-corrected chi connectivity index (χ2v) is 5.09. The Morgan fingerprint density at radius 3 is 2.26 bits per heavy atom. The number of carbonyl (C=O) groups is 1. The molecule has 0 spiro atoms. The molecule has 1 heterocycles. The Morgan fingerprint density at radius 2 is 1.61 bits per heavy atom. The van der Waals surface area contributed by atoms with E-state index >= 15 is 0 Å². The third-order valence-electron chi connectivity index (χ3n) is 3.32. The van der Waals surface area contributed by atoms with Crippen molar-refractivity contribution in [3.63, 3.8) is 0 Å². The topological polar surface area (TPSA) is 39.4 Å². The van der Waals surface area contributed by atoms with Crippen LogP contribution in [-0.4, -0.2) is 5.97 Å². The Labute approximate surface area is 134 Å². The van der Waals surface area contributed by atoms with Gasteiger partial charge in [-0.2, -0.15) is 0 Å². The molecule has 0 aliphatic carbocycles. The fourth-order valence-corrected chi connectivity index (χ4v) is 2.19. The van der Waals surface area contributed by atoms with E-state index in [9.17, 15) is 4.79 Å². The molecule has 114 valence electrons. The Hall–Kier alpha value is -3.07. The molecule has 0 saturated carbocycles. The lowest BCUT2D eigenvalue weighted by Crippen LogP contribution is -2.03. The number of esters is 1. The van der Waals surface area contributed by atoms with Gasteiger partial charge in [-0.1, -0.05) is 42.5 Å². The molecule has 0 N–H and O–H groups in total. The van der Waals surface area contributed by atoms with E-state index in [0.29, 0.717) is 11.5 Å². The lowest BCUT2D eigenvalue weighted by Gasteiger charge is -2.04. The van der Waals surface area contributed by atoms with E-state index in [0.717, 1.165) is 16.9 Å². The molecule has 0 aliphatic rings. The molecular weight excluding hydrogens is 288 g/mol. The van der Waals surface area contributed by atoms with Crippen molar-refractivity contribution in [1.82, 2.24) is 0 Å². The maximum atomic E-state index is 11.8. The van der Waals surface area contributed by atoms with Crippen LogP contribution in [0.25, 0.3) is 17.2 Å². The van der Waals surface area contributed by atoms with Gasteiger partial charge in [-0.3, -0.25) is 0 Å². The van der Waals surface area contributed by atoms with Crippen LogP contribution in [0.1, 0.15) is 11.5 Å². The molecule has 3 rings (SSSR count). The molecule has 0 radical (unpaired) electrons. The van der Waals surface area contributed by atoms with Gasteiger partial charge >= 0.3 is 5.97 Å². The summed E-state index contributed by atoms with van der Waals surface area (Å²) in [7, 11) is 0. The van der Waals surface area contributed by atoms with Crippen LogP contribution in [0.4, 0.5) is 0 Å². The quantitative estimate of drug-likeness (QED) is 0.392. The van der Waals surface area contributed by atoms with E-state index in [2.05, 4.69) is 0 Å². The highest BCUT2D eigenvalue weighted by Crippen LogP contribution is 2.22. The van der Waals surface area contributed by atoms with E-state index in [1.54, 1.807) is 24.3 Å². The van der Waals surface area contributed by atoms with Crippen molar-refractivity contribution in [1.29, 1.82) is 0 Å². The molecule has 23 heavy (non-hydrogen) atoms. The molecule has 0 fully saturated rings. The summed E-state index contributed by atoms with van der Waals surface area (Å²) in [6, 6.07) is 21.1. The summed E-state index contributed by atoms with van der Waals surface area (Å²) in [4.78, 5) is 11.8. The number of aryl methyl sites for hydroxylation is 1. The van der Waals surface area contributed by atoms with Gasteiger partial charge in [-0.15, -0.1) is 0 Å². The van der Waals surface area contributed by atoms with Crippen LogP contribution in [0.5, 0.6) is 5.75 Å². The Bertz CT molecular complexity index is 812. The number of hydrogen-bond donors (Lipinski definition) is 0. The van der Waals surface area contributed by atoms with E-state index < -0.39 is 5.97 Å². The van der Waals surface area contributed by atoms with Crippen molar-refractivity contribution in [3.8, 4) is 16.9 Å². The number of ether oxygens (including phenoxy) is 1. The zero-order valence-corrected chi connectivity index (χ0v) is 12.7. The van der Waals surface area contributed by atoms with Crippen molar-refractivity contribution in [2.24, 2.45) is 0 Å². The summed E-state index contributed by atoms with van der Waals surface area (Å²) >= 11 is 0. The number of rotatable bonds is 4. The fraction of sp³-hybridized carbons (Fsp3) is 0.0500. The van der Waals surface area contributed by atoms with Gasteiger partial charge in [0.05, 0.1) is 0 Å². The van der Waals surface area contributed by atoms with Crippen molar-refractivity contribution in [2.75, 3.05) is 0 Å². The number of furan rings is 1. The maximum Gasteiger partial charge on any atom is 0.336 e. The fourth-order valence-electron chi connectivity index (χ4n) is 2.19. The summed E-state index contributed by atoms with van der Waals surface area (Å²) in [6.45, 7) is 1.85. The Morgan fingerprint density at radius 1 is 0.913 bits per heavy atom. The first-order valence-electron chi connectivity index (χ1n) is 7.32. The minimum atomic E-state index is -0.438. The largest absolute Gasteiger partial charge is 0.462 e. The number of carbonyl (C=O) groups excluding carboxylic acids is 1. The molecule has 0 amide bonds. The van der Waals surface area contributed by atoms with Crippen LogP contribution in [0.3, 0.4) is 0 Å². The van der Waals surface area contributed by atoms with E-state index in [1.807, 2.05) is 55.5 Å². The lowest BCUT2D eigenvalue weighted by molar-refractivity contribution is -0.128. The molecule has 0 saturated heterocycles. The molecule has 3 aromatic rings. The van der Waals surface area contributed by atoms with Crippen LogP contribution in [0, 0.1) is 6.92 Å². The van der Waals surface area contributed by atoms with Gasteiger partial charge in [0.15, 0.2) is 0 Å². The smallest absolute Gasteiger partial charge is 0.336 e. The second kappa shape index (κ2) is 6.79. The van der Waals surface area contributed by atoms with Crippen LogP contribution < -0.4 is 4.74 Å². The summed E-state index contributed by atoms with van der Waals surface area (Å²) in [5.41, 5.74) is 2.20. The average molecular weight is 304 g/mol. The second-order valence-electron chi connectivity index (χ2n) is 5.09. The summed E-state index contributed by atoms with van der Waals surface area (Å²) < 4.78 is 10.6. The van der Waals surface area contributed by atoms with Gasteiger partial charge in [0.1, 0.15) is 17.3 Å². The van der Waals surface area contributed by atoms with E-state index in [1.165, 1.54) is 6.08 Å². The maximum absolute atomic E-state index is 11.8. The van der Waals surface area contributed by atoms with E-state index in [4.69, 9.17) is 9.15 Å². The number of benzene rings is 2. The van der Waals surface area contributed by atoms with Crippen LogP contribution in [0.2, 0.25) is 0 Å². The Balaban J connectivity index is 1.64. The van der Waals surface area contributed by atoms with Gasteiger partial charge in [-0.05, 0) is 48.4 Å². The van der Waals surface area contributed by atoms with Crippen molar-refractivity contribution < 1.29 is 13.9 Å². The van der Waals surface area contributed by atoms with Gasteiger partial charge in [0.25, 0.3) is 0 Å². The van der Waals surface area contributed by atoms with E-state index in [-0.39, 0.29) is 0 Å². The molecule has 2 aromatic carbocycles. The van der Waals surface area contributed by atoms with Crippen LogP contribution in [0.15, 0.2) is 77.2 Å². The first-order valence-corrected chi connectivity index (χ1v) is 7.32. The molecule has 0 unspecified atom stereocenters. The highest BCUT2D eigenvalue weighted by Gasteiger charge is 2.03. The molecule has 3 nitrogen and oxygen atoms in total. The predicted octanol–water partition coefficient (Wildman–Crippen LogP) is 4.87. The van der Waals surface area contributed by atoms with Crippen molar-refractivity contribution in [2.45, 2.75) is 6.92 Å². The lowest BCUT2D eigenvalue weighted by atomic mass is 10.1. The highest BCUT2D eigenvalue weighted by molar-refractivity contribution is 5.88. The molecule has 1 aromatic heterocycles. The standard InChI is InChI=1S/C20H16O3/c1-15-7-10-18(22-15)13-14-20(21)23-19-11-8-17(9-12-19)16-5-3-2-4-6-16/h2-14H,1H3. The first-order chi connectivity index (χ1) is 11.2. The van der Waals surface area contributed by atoms with Gasteiger partial charge in [0, 0.05) is 6.08 Å². The SMILES string of the molecule is Cc1ccc(C=CC(=O)Oc2ccc(-c3ccccc3)cc2)o1. The van der Waals surface area contributed by atoms with Crippen LogP contribution >= 0.6 is 0 Å². The van der Waals surface area contributed by atoms with Crippen molar-refractivity contribution >= 4 is 12.0 Å². The molecule has 3 heteroatoms. The van der Waals surface area contributed by atoms with Gasteiger partial charge in [-0.25, -0.2) is 4.79 Å². The Kier molecular flexibility index (Phi) is 4.39. The predicted molar refractivity (Wildman–Crippen MR) is 90.0 cm³/mol.